The Balaban J connectivity index is 2.51. The second-order valence-electron chi connectivity index (χ2n) is 3.18. The summed E-state index contributed by atoms with van der Waals surface area (Å²) in [5.74, 6) is 0. The van der Waals surface area contributed by atoms with Gasteiger partial charge in [0.1, 0.15) is 0 Å². The molecule has 0 aliphatic heterocycles. The van der Waals surface area contributed by atoms with Gasteiger partial charge in [-0.2, -0.15) is 24.5 Å². The molecule has 1 aromatic heterocycles. The van der Waals surface area contributed by atoms with E-state index in [-0.39, 0.29) is 6.42 Å². The van der Waals surface area contributed by atoms with Crippen molar-refractivity contribution >= 4 is 11.3 Å². The quantitative estimate of drug-likeness (QED) is 0.833. The van der Waals surface area contributed by atoms with Crippen LogP contribution < -0.4 is 0 Å². The van der Waals surface area contributed by atoms with Gasteiger partial charge in [-0.1, -0.05) is 0 Å². The third-order valence-electron chi connectivity index (χ3n) is 1.96. The molecule has 0 amide bonds. The Bertz CT molecular complexity index is 292. The van der Waals surface area contributed by atoms with Gasteiger partial charge in [-0.25, -0.2) is 0 Å². The first kappa shape index (κ1) is 11.5. The first-order valence-corrected chi connectivity index (χ1v) is 5.12. The molecule has 14 heavy (non-hydrogen) atoms. The fraction of sp³-hybridized carbons (Fsp3) is 0.556. The third kappa shape index (κ3) is 3.31. The van der Waals surface area contributed by atoms with E-state index in [0.717, 1.165) is 5.56 Å². The lowest BCUT2D eigenvalue weighted by Gasteiger charge is -2.11. The average molecular weight is 224 g/mol. The minimum atomic E-state index is -4.19. The summed E-state index contributed by atoms with van der Waals surface area (Å²) < 4.78 is 35.5. The second kappa shape index (κ2) is 4.31. The molecule has 0 saturated carbocycles. The predicted molar refractivity (Wildman–Crippen MR) is 49.3 cm³/mol. The van der Waals surface area contributed by atoms with Gasteiger partial charge in [-0.05, 0) is 35.2 Å². The van der Waals surface area contributed by atoms with Crippen molar-refractivity contribution in [1.29, 1.82) is 0 Å². The molecule has 0 fully saturated rings. The van der Waals surface area contributed by atoms with Gasteiger partial charge in [-0.15, -0.1) is 0 Å². The van der Waals surface area contributed by atoms with Gasteiger partial charge >= 0.3 is 6.18 Å². The molecular weight excluding hydrogens is 213 g/mol. The van der Waals surface area contributed by atoms with Gasteiger partial charge in [0.25, 0.3) is 0 Å². The zero-order chi connectivity index (χ0) is 10.8. The van der Waals surface area contributed by atoms with E-state index in [0.29, 0.717) is 5.56 Å². The van der Waals surface area contributed by atoms with Crippen LogP contribution >= 0.6 is 11.3 Å². The van der Waals surface area contributed by atoms with Crippen LogP contribution in [0.1, 0.15) is 30.1 Å². The topological polar surface area (TPSA) is 20.2 Å². The Morgan fingerprint density at radius 3 is 2.50 bits per heavy atom. The molecule has 1 nitrogen and oxygen atoms in total. The van der Waals surface area contributed by atoms with E-state index in [9.17, 15) is 18.3 Å². The van der Waals surface area contributed by atoms with Crippen LogP contribution in [-0.2, 0) is 0 Å². The van der Waals surface area contributed by atoms with Gasteiger partial charge in [0, 0.05) is 6.42 Å². The normalized spacial score (nSPS) is 14.4. The van der Waals surface area contributed by atoms with Gasteiger partial charge in [-0.3, -0.25) is 0 Å². The van der Waals surface area contributed by atoms with Crippen molar-refractivity contribution in [1.82, 2.24) is 0 Å². The number of alkyl halides is 3. The van der Waals surface area contributed by atoms with Crippen molar-refractivity contribution in [2.45, 2.75) is 32.0 Å². The molecule has 0 aliphatic rings. The van der Waals surface area contributed by atoms with Crippen LogP contribution in [0.4, 0.5) is 13.2 Å². The largest absolute Gasteiger partial charge is 0.389 e. The van der Waals surface area contributed by atoms with E-state index < -0.39 is 18.7 Å². The zero-order valence-corrected chi connectivity index (χ0v) is 8.45. The number of halogens is 3. The number of hydrogen-bond donors (Lipinski definition) is 1. The molecule has 1 rings (SSSR count). The highest BCUT2D eigenvalue weighted by atomic mass is 32.1. The van der Waals surface area contributed by atoms with Crippen molar-refractivity contribution in [3.05, 3.63) is 21.9 Å². The summed E-state index contributed by atoms with van der Waals surface area (Å²) in [4.78, 5) is 0. The van der Waals surface area contributed by atoms with Crippen molar-refractivity contribution in [3.8, 4) is 0 Å². The maximum atomic E-state index is 11.8. The maximum absolute atomic E-state index is 11.8. The minimum Gasteiger partial charge on any atom is -0.388 e. The first-order valence-electron chi connectivity index (χ1n) is 4.17. The summed E-state index contributed by atoms with van der Waals surface area (Å²) in [6, 6.07) is 0. The van der Waals surface area contributed by atoms with Crippen molar-refractivity contribution in [2.75, 3.05) is 0 Å². The molecule has 1 heterocycles. The predicted octanol–water partition coefficient (Wildman–Crippen LogP) is 3.43. The summed E-state index contributed by atoms with van der Waals surface area (Å²) in [6.45, 7) is 1.78. The van der Waals surface area contributed by atoms with E-state index in [2.05, 4.69) is 0 Å². The summed E-state index contributed by atoms with van der Waals surface area (Å²) >= 11 is 1.39. The molecule has 0 aliphatic carbocycles. The summed E-state index contributed by atoms with van der Waals surface area (Å²) in [7, 11) is 0. The Labute approximate surface area is 84.2 Å². The molecule has 0 aromatic carbocycles. The molecule has 0 bridgehead atoms. The zero-order valence-electron chi connectivity index (χ0n) is 7.64. The number of aliphatic hydroxyl groups is 1. The average Bonchev–Trinajstić information content (AvgIpc) is 2.46. The van der Waals surface area contributed by atoms with Gasteiger partial charge in [0.05, 0.1) is 6.10 Å². The summed E-state index contributed by atoms with van der Waals surface area (Å²) in [5, 5.41) is 13.0. The molecule has 80 valence electrons. The van der Waals surface area contributed by atoms with Crippen molar-refractivity contribution in [3.63, 3.8) is 0 Å². The van der Waals surface area contributed by atoms with Crippen LogP contribution in [0.25, 0.3) is 0 Å². The Hall–Kier alpha value is -0.550. The number of hydrogen-bond acceptors (Lipinski definition) is 2. The van der Waals surface area contributed by atoms with E-state index in [1.165, 1.54) is 11.3 Å². The minimum absolute atomic E-state index is 0.263. The smallest absolute Gasteiger partial charge is 0.388 e. The second-order valence-corrected chi connectivity index (χ2v) is 3.92. The van der Waals surface area contributed by atoms with Crippen molar-refractivity contribution in [2.24, 2.45) is 0 Å². The van der Waals surface area contributed by atoms with E-state index in [1.54, 1.807) is 12.3 Å². The summed E-state index contributed by atoms with van der Waals surface area (Å²) in [5.41, 5.74) is 1.46. The first-order chi connectivity index (χ1) is 6.40. The molecule has 0 spiro atoms. The Kier molecular flexibility index (Phi) is 3.55. The van der Waals surface area contributed by atoms with Crippen LogP contribution in [0.3, 0.4) is 0 Å². The van der Waals surface area contributed by atoms with E-state index in [1.807, 2.05) is 5.38 Å². The highest BCUT2D eigenvalue weighted by Crippen LogP contribution is 2.30. The fourth-order valence-corrected chi connectivity index (χ4v) is 2.07. The molecule has 0 radical (unpaired) electrons. The number of aryl methyl sites for hydroxylation is 1. The number of rotatable bonds is 3. The SMILES string of the molecule is Cc1cscc1C(O)CCC(F)(F)F. The van der Waals surface area contributed by atoms with Crippen molar-refractivity contribution < 1.29 is 18.3 Å². The lowest BCUT2D eigenvalue weighted by Crippen LogP contribution is -2.10. The molecule has 1 N–H and O–H groups in total. The van der Waals surface area contributed by atoms with Crippen LogP contribution in [0, 0.1) is 6.92 Å². The summed E-state index contributed by atoms with van der Waals surface area (Å²) in [6.07, 6.45) is -6.39. The van der Waals surface area contributed by atoms with E-state index in [4.69, 9.17) is 0 Å². The standard InChI is InChI=1S/C9H11F3OS/c1-6-4-14-5-7(6)8(13)2-3-9(10,11)12/h4-5,8,13H,2-3H2,1H3. The van der Waals surface area contributed by atoms with Gasteiger partial charge < -0.3 is 5.11 Å². The molecule has 5 heteroatoms. The lowest BCUT2D eigenvalue weighted by atomic mass is 10.0. The fourth-order valence-electron chi connectivity index (χ4n) is 1.17. The Morgan fingerprint density at radius 1 is 1.43 bits per heavy atom. The van der Waals surface area contributed by atoms with Crippen LogP contribution in [0.2, 0.25) is 0 Å². The Morgan fingerprint density at radius 2 is 2.07 bits per heavy atom. The van der Waals surface area contributed by atoms with Crippen LogP contribution in [-0.4, -0.2) is 11.3 Å². The van der Waals surface area contributed by atoms with Gasteiger partial charge in [0.2, 0.25) is 0 Å². The molecular formula is C9H11F3OS. The lowest BCUT2D eigenvalue weighted by molar-refractivity contribution is -0.140. The highest BCUT2D eigenvalue weighted by Gasteiger charge is 2.28. The van der Waals surface area contributed by atoms with Gasteiger partial charge in [0.15, 0.2) is 0 Å². The monoisotopic (exact) mass is 224 g/mol. The molecule has 0 saturated heterocycles. The molecule has 1 atom stereocenters. The van der Waals surface area contributed by atoms with Crippen LogP contribution in [0.5, 0.6) is 0 Å². The van der Waals surface area contributed by atoms with Crippen LogP contribution in [0.15, 0.2) is 10.8 Å². The van der Waals surface area contributed by atoms with E-state index >= 15 is 0 Å². The number of aliphatic hydroxyl groups excluding tert-OH is 1. The maximum Gasteiger partial charge on any atom is 0.389 e. The molecule has 1 unspecified atom stereocenters. The molecule has 1 aromatic rings. The highest BCUT2D eigenvalue weighted by molar-refractivity contribution is 7.08. The third-order valence-corrected chi connectivity index (χ3v) is 2.84. The number of thiophene rings is 1.